The average molecular weight is 654 g/mol. The molecule has 1 aliphatic rings. The second-order valence-electron chi connectivity index (χ2n) is 7.70. The van der Waals surface area contributed by atoms with E-state index in [1.165, 1.54) is 19.2 Å². The summed E-state index contributed by atoms with van der Waals surface area (Å²) in [5, 5.41) is -0.145. The second-order valence-corrected chi connectivity index (χ2v) is 10.3. The maximum absolute atomic E-state index is 13.0. The van der Waals surface area contributed by atoms with Crippen LogP contribution in [0, 0.1) is 3.57 Å². The van der Waals surface area contributed by atoms with Crippen LogP contribution >= 0.6 is 46.0 Å². The number of hydrogen-bond donors (Lipinski definition) is 0. The van der Waals surface area contributed by atoms with Gasteiger partial charge in [0.15, 0.2) is 11.5 Å². The molecule has 8 nitrogen and oxygen atoms in total. The number of rotatable bonds is 9. The van der Waals surface area contributed by atoms with E-state index >= 15 is 0 Å². The number of carbonyl (C=O) groups excluding carboxylic acids is 3. The molecule has 0 unspecified atom stereocenters. The molecular weight excluding hydrogens is 633 g/mol. The molecule has 2 amide bonds. The lowest BCUT2D eigenvalue weighted by Gasteiger charge is -2.15. The van der Waals surface area contributed by atoms with Crippen LogP contribution in [0.2, 0.25) is 5.02 Å². The standard InChI is InChI=1S/C26H21ClINO7S/c1-3-34-21-11-16(10-19(27)23(21)35-14-15-4-6-17(28)7-5-15)12-22-24(30)29(26(32)37-22)13-18-8-9-20(36-18)25(31)33-2/h4-12H,3,13-14H2,1-2H3/b22-12+. The van der Waals surface area contributed by atoms with Crippen molar-refractivity contribution < 1.29 is 33.0 Å². The van der Waals surface area contributed by atoms with Gasteiger partial charge in [-0.1, -0.05) is 23.7 Å². The van der Waals surface area contributed by atoms with Crippen LogP contribution in [0.25, 0.3) is 6.08 Å². The van der Waals surface area contributed by atoms with E-state index in [-0.39, 0.29) is 23.0 Å². The molecule has 1 saturated heterocycles. The number of imide groups is 1. The summed E-state index contributed by atoms with van der Waals surface area (Å²) in [7, 11) is 1.23. The van der Waals surface area contributed by atoms with Crippen LogP contribution < -0.4 is 9.47 Å². The number of hydrogen-bond acceptors (Lipinski definition) is 8. The smallest absolute Gasteiger partial charge is 0.373 e. The lowest BCUT2D eigenvalue weighted by molar-refractivity contribution is -0.123. The number of halogens is 2. The van der Waals surface area contributed by atoms with Gasteiger partial charge in [-0.3, -0.25) is 14.5 Å². The normalized spacial score (nSPS) is 14.4. The van der Waals surface area contributed by atoms with Crippen LogP contribution in [0.4, 0.5) is 4.79 Å². The van der Waals surface area contributed by atoms with Gasteiger partial charge < -0.3 is 18.6 Å². The van der Waals surface area contributed by atoms with Crippen molar-refractivity contribution in [1.29, 1.82) is 0 Å². The first kappa shape index (κ1) is 27.1. The molecule has 2 heterocycles. The summed E-state index contributed by atoms with van der Waals surface area (Å²) >= 11 is 9.57. The Labute approximate surface area is 236 Å². The average Bonchev–Trinajstić information content (AvgIpc) is 3.45. The van der Waals surface area contributed by atoms with Gasteiger partial charge in [-0.2, -0.15) is 0 Å². The molecule has 0 saturated carbocycles. The van der Waals surface area contributed by atoms with Gasteiger partial charge in [0.05, 0.1) is 30.2 Å². The molecule has 192 valence electrons. The SMILES string of the molecule is CCOc1cc(/C=C2/SC(=O)N(Cc3ccc(C(=O)OC)o3)C2=O)cc(Cl)c1OCc1ccc(I)cc1. The van der Waals surface area contributed by atoms with Crippen LogP contribution in [0.5, 0.6) is 11.5 Å². The maximum atomic E-state index is 13.0. The Bertz CT molecular complexity index is 1370. The molecule has 0 aliphatic carbocycles. The summed E-state index contributed by atoms with van der Waals surface area (Å²) in [6.45, 7) is 2.41. The summed E-state index contributed by atoms with van der Waals surface area (Å²) in [6.07, 6.45) is 1.57. The Morgan fingerprint density at radius 3 is 2.59 bits per heavy atom. The molecule has 0 radical (unpaired) electrons. The Morgan fingerprint density at radius 1 is 1.14 bits per heavy atom. The van der Waals surface area contributed by atoms with Gasteiger partial charge in [0, 0.05) is 3.57 Å². The summed E-state index contributed by atoms with van der Waals surface area (Å²) < 4.78 is 22.8. The van der Waals surface area contributed by atoms with Crippen LogP contribution in [0.3, 0.4) is 0 Å². The van der Waals surface area contributed by atoms with E-state index in [0.29, 0.717) is 35.3 Å². The van der Waals surface area contributed by atoms with Gasteiger partial charge in [-0.15, -0.1) is 0 Å². The highest BCUT2D eigenvalue weighted by Gasteiger charge is 2.36. The predicted octanol–water partition coefficient (Wildman–Crippen LogP) is 6.54. The molecule has 37 heavy (non-hydrogen) atoms. The van der Waals surface area contributed by atoms with Crippen LogP contribution in [0.1, 0.15) is 34.4 Å². The number of furan rings is 1. The third kappa shape index (κ3) is 6.49. The van der Waals surface area contributed by atoms with Crippen molar-refractivity contribution >= 4 is 69.1 Å². The fourth-order valence-corrected chi connectivity index (χ4v) is 4.90. The van der Waals surface area contributed by atoms with Gasteiger partial charge in [-0.25, -0.2) is 4.79 Å². The number of benzene rings is 2. The summed E-state index contributed by atoms with van der Waals surface area (Å²) in [4.78, 5) is 38.4. The van der Waals surface area contributed by atoms with Crippen molar-refractivity contribution in [2.75, 3.05) is 13.7 Å². The number of carbonyl (C=O) groups is 3. The molecule has 4 rings (SSSR count). The van der Waals surface area contributed by atoms with Crippen LogP contribution in [-0.4, -0.2) is 35.7 Å². The number of nitrogens with zero attached hydrogens (tertiary/aromatic N) is 1. The quantitative estimate of drug-likeness (QED) is 0.146. The van der Waals surface area contributed by atoms with Crippen LogP contribution in [-0.2, 0) is 22.7 Å². The summed E-state index contributed by atoms with van der Waals surface area (Å²) in [5.74, 6) is -0.0430. The first-order chi connectivity index (χ1) is 17.8. The largest absolute Gasteiger partial charge is 0.490 e. The molecule has 2 aromatic carbocycles. The minimum absolute atomic E-state index is 0.0116. The third-order valence-corrected chi connectivity index (χ3v) is 7.07. The maximum Gasteiger partial charge on any atom is 0.373 e. The number of amides is 2. The van der Waals surface area contributed by atoms with Gasteiger partial charge in [0.2, 0.25) is 5.76 Å². The molecule has 11 heteroatoms. The van der Waals surface area contributed by atoms with E-state index in [0.717, 1.165) is 25.8 Å². The fourth-order valence-electron chi connectivity index (χ4n) is 3.43. The minimum Gasteiger partial charge on any atom is -0.490 e. The molecule has 0 bridgehead atoms. The molecule has 0 spiro atoms. The zero-order chi connectivity index (χ0) is 26.5. The van der Waals surface area contributed by atoms with Crippen molar-refractivity contribution in [3.63, 3.8) is 0 Å². The highest BCUT2D eigenvalue weighted by Crippen LogP contribution is 2.40. The van der Waals surface area contributed by atoms with Gasteiger partial charge in [0.25, 0.3) is 11.1 Å². The van der Waals surface area contributed by atoms with E-state index in [2.05, 4.69) is 27.3 Å². The van der Waals surface area contributed by atoms with E-state index in [1.807, 2.05) is 31.2 Å². The van der Waals surface area contributed by atoms with E-state index in [1.54, 1.807) is 18.2 Å². The third-order valence-electron chi connectivity index (χ3n) is 5.16. The first-order valence-electron chi connectivity index (χ1n) is 11.0. The van der Waals surface area contributed by atoms with E-state index < -0.39 is 17.1 Å². The molecule has 1 aliphatic heterocycles. The highest BCUT2D eigenvalue weighted by atomic mass is 127. The number of ether oxygens (including phenoxy) is 3. The zero-order valence-corrected chi connectivity index (χ0v) is 23.5. The van der Waals surface area contributed by atoms with Crippen LogP contribution in [0.15, 0.2) is 57.9 Å². The van der Waals surface area contributed by atoms with Crippen molar-refractivity contribution in [2.24, 2.45) is 0 Å². The number of esters is 1. The molecular formula is C26H21ClINO7S. The highest BCUT2D eigenvalue weighted by molar-refractivity contribution is 14.1. The van der Waals surface area contributed by atoms with Crippen molar-refractivity contribution in [2.45, 2.75) is 20.1 Å². The van der Waals surface area contributed by atoms with Gasteiger partial charge >= 0.3 is 5.97 Å². The number of thioether (sulfide) groups is 1. The molecule has 1 aromatic heterocycles. The monoisotopic (exact) mass is 653 g/mol. The van der Waals surface area contributed by atoms with Gasteiger partial charge in [0.1, 0.15) is 12.4 Å². The van der Waals surface area contributed by atoms with E-state index in [4.69, 9.17) is 25.5 Å². The molecule has 0 atom stereocenters. The van der Waals surface area contributed by atoms with Crippen molar-refractivity contribution in [3.05, 3.63) is 84.7 Å². The zero-order valence-electron chi connectivity index (χ0n) is 19.8. The molecule has 3 aromatic rings. The Morgan fingerprint density at radius 2 is 1.89 bits per heavy atom. The Balaban J connectivity index is 1.52. The minimum atomic E-state index is -0.645. The predicted molar refractivity (Wildman–Crippen MR) is 148 cm³/mol. The molecule has 1 fully saturated rings. The van der Waals surface area contributed by atoms with Crippen molar-refractivity contribution in [3.8, 4) is 11.5 Å². The lowest BCUT2D eigenvalue weighted by Crippen LogP contribution is -2.27. The molecule has 0 N–H and O–H groups in total. The number of methoxy groups -OCH3 is 1. The summed E-state index contributed by atoms with van der Waals surface area (Å²) in [6, 6.07) is 14.2. The fraction of sp³-hybridized carbons (Fsp3) is 0.192. The first-order valence-corrected chi connectivity index (χ1v) is 13.3. The summed E-state index contributed by atoms with van der Waals surface area (Å²) in [5.41, 5.74) is 1.55. The topological polar surface area (TPSA) is 95.3 Å². The second kappa shape index (κ2) is 12.1. The lowest BCUT2D eigenvalue weighted by atomic mass is 10.1. The Kier molecular flexibility index (Phi) is 8.83. The van der Waals surface area contributed by atoms with E-state index in [9.17, 15) is 14.4 Å². The van der Waals surface area contributed by atoms with Crippen molar-refractivity contribution in [1.82, 2.24) is 4.90 Å². The van der Waals surface area contributed by atoms with Gasteiger partial charge in [-0.05, 0) is 94.9 Å². The Hall–Kier alpha value is -2.96.